The molecule has 0 saturated heterocycles. The highest BCUT2D eigenvalue weighted by atomic mass is 16.6. The van der Waals surface area contributed by atoms with Gasteiger partial charge in [-0.1, -0.05) is 20.3 Å². The minimum absolute atomic E-state index is 0.0961. The number of rotatable bonds is 7. The summed E-state index contributed by atoms with van der Waals surface area (Å²) in [4.78, 5) is 34.4. The van der Waals surface area contributed by atoms with Crippen LogP contribution < -0.4 is 5.32 Å². The van der Waals surface area contributed by atoms with Crippen molar-refractivity contribution in [3.63, 3.8) is 0 Å². The Morgan fingerprint density at radius 3 is 2.48 bits per heavy atom. The normalized spacial score (nSPS) is 13.3. The standard InChI is InChI=1S/C14H22N4O5/c1-6-8(2)12(14(20)23-5)15-11(19)7-17-10(4)13(18(21)22)9(3)16-17/h8,12H,6-7H2,1-5H3,(H,15,19). The van der Waals surface area contributed by atoms with Crippen LogP contribution in [0.5, 0.6) is 0 Å². The van der Waals surface area contributed by atoms with Gasteiger partial charge in [0.05, 0.1) is 12.0 Å². The molecule has 0 aliphatic heterocycles. The minimum atomic E-state index is -0.760. The molecule has 128 valence electrons. The lowest BCUT2D eigenvalue weighted by Crippen LogP contribution is -2.46. The number of amides is 1. The number of nitro groups is 1. The fraction of sp³-hybridized carbons (Fsp3) is 0.643. The van der Waals surface area contributed by atoms with Crippen molar-refractivity contribution in [2.75, 3.05) is 7.11 Å². The van der Waals surface area contributed by atoms with Gasteiger partial charge in [0, 0.05) is 0 Å². The highest BCUT2D eigenvalue weighted by molar-refractivity contribution is 5.84. The van der Waals surface area contributed by atoms with E-state index < -0.39 is 22.8 Å². The predicted molar refractivity (Wildman–Crippen MR) is 81.8 cm³/mol. The van der Waals surface area contributed by atoms with E-state index in [1.54, 1.807) is 0 Å². The molecule has 0 aliphatic carbocycles. The van der Waals surface area contributed by atoms with E-state index in [1.807, 2.05) is 13.8 Å². The second-order valence-corrected chi connectivity index (χ2v) is 5.39. The van der Waals surface area contributed by atoms with Crippen molar-refractivity contribution in [1.82, 2.24) is 15.1 Å². The summed E-state index contributed by atoms with van der Waals surface area (Å²) in [6, 6.07) is -0.760. The Labute approximate surface area is 134 Å². The molecule has 0 bridgehead atoms. The quantitative estimate of drug-likeness (QED) is 0.456. The maximum atomic E-state index is 12.2. The summed E-state index contributed by atoms with van der Waals surface area (Å²) in [6.45, 7) is 6.56. The Balaban J connectivity index is 2.89. The van der Waals surface area contributed by atoms with E-state index in [0.717, 1.165) is 0 Å². The molecule has 9 nitrogen and oxygen atoms in total. The van der Waals surface area contributed by atoms with Gasteiger partial charge in [-0.05, 0) is 19.8 Å². The maximum Gasteiger partial charge on any atom is 0.328 e. The van der Waals surface area contributed by atoms with Gasteiger partial charge in [0.1, 0.15) is 24.0 Å². The van der Waals surface area contributed by atoms with Crippen molar-refractivity contribution >= 4 is 17.6 Å². The van der Waals surface area contributed by atoms with E-state index in [2.05, 4.69) is 10.4 Å². The van der Waals surface area contributed by atoms with Gasteiger partial charge in [-0.15, -0.1) is 0 Å². The lowest BCUT2D eigenvalue weighted by molar-refractivity contribution is -0.386. The zero-order valence-corrected chi connectivity index (χ0v) is 14.0. The molecule has 1 rings (SSSR count). The van der Waals surface area contributed by atoms with Crippen LogP contribution in [0.15, 0.2) is 0 Å². The molecule has 1 aromatic rings. The molecule has 1 heterocycles. The molecule has 9 heteroatoms. The highest BCUT2D eigenvalue weighted by Crippen LogP contribution is 2.21. The first-order valence-corrected chi connectivity index (χ1v) is 7.28. The number of aromatic nitrogens is 2. The third-order valence-electron chi connectivity index (χ3n) is 3.80. The topological polar surface area (TPSA) is 116 Å². The molecular formula is C14H22N4O5. The van der Waals surface area contributed by atoms with Crippen LogP contribution in [-0.4, -0.2) is 39.7 Å². The summed E-state index contributed by atoms with van der Waals surface area (Å²) in [5, 5.41) is 17.6. The molecule has 0 aromatic carbocycles. The molecule has 0 fully saturated rings. The maximum absolute atomic E-state index is 12.2. The second kappa shape index (κ2) is 7.70. The average molecular weight is 326 g/mol. The van der Waals surface area contributed by atoms with Gasteiger partial charge >= 0.3 is 11.7 Å². The lowest BCUT2D eigenvalue weighted by atomic mass is 9.99. The van der Waals surface area contributed by atoms with Crippen molar-refractivity contribution in [2.45, 2.75) is 46.7 Å². The summed E-state index contributed by atoms with van der Waals surface area (Å²) in [6.07, 6.45) is 0.686. The number of nitrogens with zero attached hydrogens (tertiary/aromatic N) is 3. The summed E-state index contributed by atoms with van der Waals surface area (Å²) < 4.78 is 5.96. The van der Waals surface area contributed by atoms with E-state index in [0.29, 0.717) is 12.1 Å². The molecule has 1 N–H and O–H groups in total. The van der Waals surface area contributed by atoms with E-state index in [1.165, 1.54) is 25.6 Å². The third-order valence-corrected chi connectivity index (χ3v) is 3.80. The SMILES string of the molecule is CCC(C)C(NC(=O)Cn1nc(C)c([N+](=O)[O-])c1C)C(=O)OC. The monoisotopic (exact) mass is 326 g/mol. The van der Waals surface area contributed by atoms with Crippen LogP contribution in [0.25, 0.3) is 0 Å². The van der Waals surface area contributed by atoms with Crippen LogP contribution in [0, 0.1) is 29.9 Å². The number of carbonyl (C=O) groups excluding carboxylic acids is 2. The predicted octanol–water partition coefficient (Wildman–Crippen LogP) is 1.11. The van der Waals surface area contributed by atoms with Crippen LogP contribution >= 0.6 is 0 Å². The fourth-order valence-electron chi connectivity index (χ4n) is 2.26. The van der Waals surface area contributed by atoms with E-state index in [9.17, 15) is 19.7 Å². The zero-order chi connectivity index (χ0) is 17.7. The molecular weight excluding hydrogens is 304 g/mol. The summed E-state index contributed by atoms with van der Waals surface area (Å²) in [5.74, 6) is -1.07. The van der Waals surface area contributed by atoms with Gasteiger partial charge in [0.2, 0.25) is 5.91 Å². The third kappa shape index (κ3) is 4.27. The molecule has 0 aliphatic rings. The average Bonchev–Trinajstić information content (AvgIpc) is 2.77. The van der Waals surface area contributed by atoms with Gasteiger partial charge in [-0.25, -0.2) is 4.79 Å². The zero-order valence-electron chi connectivity index (χ0n) is 14.0. The number of carbonyl (C=O) groups is 2. The first-order valence-electron chi connectivity index (χ1n) is 7.28. The first-order chi connectivity index (χ1) is 10.7. The van der Waals surface area contributed by atoms with Gasteiger partial charge in [-0.2, -0.15) is 5.10 Å². The Morgan fingerprint density at radius 1 is 1.43 bits per heavy atom. The number of esters is 1. The van der Waals surface area contributed by atoms with Crippen LogP contribution in [0.1, 0.15) is 31.7 Å². The fourth-order valence-corrected chi connectivity index (χ4v) is 2.26. The molecule has 2 atom stereocenters. The number of hydrogen-bond acceptors (Lipinski definition) is 6. The summed E-state index contributed by atoms with van der Waals surface area (Å²) in [7, 11) is 1.26. The Morgan fingerprint density at radius 2 is 2.04 bits per heavy atom. The molecule has 1 amide bonds. The Bertz CT molecular complexity index is 611. The molecule has 0 spiro atoms. The number of ether oxygens (including phenoxy) is 1. The van der Waals surface area contributed by atoms with E-state index in [4.69, 9.17) is 4.74 Å². The number of aryl methyl sites for hydroxylation is 1. The lowest BCUT2D eigenvalue weighted by Gasteiger charge is -2.21. The summed E-state index contributed by atoms with van der Waals surface area (Å²) >= 11 is 0. The largest absolute Gasteiger partial charge is 0.467 e. The molecule has 1 aromatic heterocycles. The van der Waals surface area contributed by atoms with Crippen molar-refractivity contribution in [2.24, 2.45) is 5.92 Å². The van der Waals surface area contributed by atoms with Crippen LogP contribution in [-0.2, 0) is 20.9 Å². The Kier molecular flexibility index (Phi) is 6.23. The summed E-state index contributed by atoms with van der Waals surface area (Å²) in [5.41, 5.74) is 0.428. The van der Waals surface area contributed by atoms with Gasteiger partial charge in [0.25, 0.3) is 0 Å². The number of nitrogens with one attached hydrogen (secondary N) is 1. The highest BCUT2D eigenvalue weighted by Gasteiger charge is 2.28. The Hall–Kier alpha value is -2.45. The smallest absolute Gasteiger partial charge is 0.328 e. The molecule has 2 unspecified atom stereocenters. The van der Waals surface area contributed by atoms with Crippen LogP contribution in [0.2, 0.25) is 0 Å². The number of hydrogen-bond donors (Lipinski definition) is 1. The van der Waals surface area contributed by atoms with Crippen LogP contribution in [0.3, 0.4) is 0 Å². The first kappa shape index (κ1) is 18.6. The second-order valence-electron chi connectivity index (χ2n) is 5.39. The van der Waals surface area contributed by atoms with E-state index >= 15 is 0 Å². The van der Waals surface area contributed by atoms with Crippen LogP contribution in [0.4, 0.5) is 5.69 Å². The van der Waals surface area contributed by atoms with Gasteiger partial charge in [-0.3, -0.25) is 19.6 Å². The van der Waals surface area contributed by atoms with Gasteiger partial charge < -0.3 is 10.1 Å². The molecule has 0 radical (unpaired) electrons. The molecule has 0 saturated carbocycles. The molecule has 23 heavy (non-hydrogen) atoms. The minimum Gasteiger partial charge on any atom is -0.467 e. The number of methoxy groups -OCH3 is 1. The van der Waals surface area contributed by atoms with Crippen molar-refractivity contribution in [1.29, 1.82) is 0 Å². The van der Waals surface area contributed by atoms with Crippen molar-refractivity contribution in [3.8, 4) is 0 Å². The van der Waals surface area contributed by atoms with E-state index in [-0.39, 0.29) is 23.8 Å². The van der Waals surface area contributed by atoms with Gasteiger partial charge in [0.15, 0.2) is 0 Å². The van der Waals surface area contributed by atoms with Crippen molar-refractivity contribution < 1.29 is 19.2 Å². The van der Waals surface area contributed by atoms with Crippen molar-refractivity contribution in [3.05, 3.63) is 21.5 Å².